The molecule has 1 aromatic heterocycles. The molecule has 1 atom stereocenters. The van der Waals surface area contributed by atoms with Gasteiger partial charge in [0.05, 0.1) is 0 Å². The van der Waals surface area contributed by atoms with Crippen molar-refractivity contribution in [1.29, 1.82) is 0 Å². The van der Waals surface area contributed by atoms with Crippen LogP contribution in [0, 0.1) is 5.13 Å². The molecule has 0 aliphatic rings. The zero-order valence-corrected chi connectivity index (χ0v) is 6.20. The first-order chi connectivity index (χ1) is 4.74. The Morgan fingerprint density at radius 3 is 2.90 bits per heavy atom. The second-order valence-electron chi connectivity index (χ2n) is 1.95. The predicted molar refractivity (Wildman–Crippen MR) is 41.4 cm³/mol. The van der Waals surface area contributed by atoms with E-state index < -0.39 is 0 Å². The van der Waals surface area contributed by atoms with Crippen molar-refractivity contribution in [2.75, 3.05) is 0 Å². The van der Waals surface area contributed by atoms with Gasteiger partial charge in [0.1, 0.15) is 0 Å². The summed E-state index contributed by atoms with van der Waals surface area (Å²) in [5.41, 5.74) is 6.32. The van der Waals surface area contributed by atoms with Crippen LogP contribution in [0.4, 0.5) is 4.39 Å². The minimum absolute atomic E-state index is 0.202. The molecule has 0 aliphatic carbocycles. The van der Waals surface area contributed by atoms with Crippen LogP contribution >= 0.6 is 11.3 Å². The van der Waals surface area contributed by atoms with Gasteiger partial charge in [-0.05, 0) is 17.0 Å². The summed E-state index contributed by atoms with van der Waals surface area (Å²) in [4.78, 5) is 0. The SMILES string of the molecule is C=CC(N)c1csc(F)c1. The van der Waals surface area contributed by atoms with Crippen molar-refractivity contribution in [3.05, 3.63) is 34.8 Å². The van der Waals surface area contributed by atoms with Crippen LogP contribution in [-0.2, 0) is 0 Å². The Labute approximate surface area is 63.0 Å². The molecule has 0 bridgehead atoms. The van der Waals surface area contributed by atoms with Crippen molar-refractivity contribution >= 4 is 11.3 Å². The van der Waals surface area contributed by atoms with Crippen molar-refractivity contribution in [3.8, 4) is 0 Å². The van der Waals surface area contributed by atoms with Gasteiger partial charge in [-0.2, -0.15) is 4.39 Å². The van der Waals surface area contributed by atoms with E-state index in [0.717, 1.165) is 16.9 Å². The summed E-state index contributed by atoms with van der Waals surface area (Å²) in [6, 6.07) is 1.19. The van der Waals surface area contributed by atoms with E-state index in [1.807, 2.05) is 0 Å². The number of nitrogens with two attached hydrogens (primary N) is 1. The van der Waals surface area contributed by atoms with Crippen LogP contribution in [0.1, 0.15) is 11.6 Å². The molecule has 54 valence electrons. The third-order valence-corrected chi connectivity index (χ3v) is 1.96. The molecule has 1 unspecified atom stereocenters. The molecule has 0 aromatic carbocycles. The van der Waals surface area contributed by atoms with Crippen molar-refractivity contribution in [2.24, 2.45) is 5.73 Å². The standard InChI is InChI=1S/C7H8FNS/c1-2-6(9)5-3-7(8)10-4-5/h2-4,6H,1,9H2. The fraction of sp³-hybridized carbons (Fsp3) is 0.143. The van der Waals surface area contributed by atoms with Crippen LogP contribution < -0.4 is 5.73 Å². The zero-order chi connectivity index (χ0) is 7.56. The van der Waals surface area contributed by atoms with Gasteiger partial charge in [0, 0.05) is 6.04 Å². The van der Waals surface area contributed by atoms with Crippen LogP contribution in [0.2, 0.25) is 0 Å². The third-order valence-electron chi connectivity index (χ3n) is 1.23. The largest absolute Gasteiger partial charge is 0.321 e. The van der Waals surface area contributed by atoms with E-state index >= 15 is 0 Å². The summed E-state index contributed by atoms with van der Waals surface area (Å²) >= 11 is 1.05. The van der Waals surface area contributed by atoms with Crippen molar-refractivity contribution < 1.29 is 4.39 Å². The lowest BCUT2D eigenvalue weighted by molar-refractivity contribution is 0.655. The maximum atomic E-state index is 12.4. The molecule has 1 rings (SSSR count). The maximum absolute atomic E-state index is 12.4. The van der Waals surface area contributed by atoms with Gasteiger partial charge in [-0.1, -0.05) is 6.08 Å². The quantitative estimate of drug-likeness (QED) is 0.653. The average Bonchev–Trinajstić information content (AvgIpc) is 2.34. The smallest absolute Gasteiger partial charge is 0.176 e. The molecule has 0 fully saturated rings. The van der Waals surface area contributed by atoms with Crippen LogP contribution in [-0.4, -0.2) is 0 Å². The van der Waals surface area contributed by atoms with E-state index in [4.69, 9.17) is 5.73 Å². The van der Waals surface area contributed by atoms with E-state index in [1.54, 1.807) is 11.5 Å². The molecular weight excluding hydrogens is 149 g/mol. The highest BCUT2D eigenvalue weighted by molar-refractivity contribution is 7.08. The average molecular weight is 157 g/mol. The summed E-state index contributed by atoms with van der Waals surface area (Å²) in [6.07, 6.45) is 1.58. The fourth-order valence-corrected chi connectivity index (χ4v) is 1.31. The lowest BCUT2D eigenvalue weighted by Gasteiger charge is -1.99. The fourth-order valence-electron chi connectivity index (χ4n) is 0.634. The Morgan fingerprint density at radius 1 is 1.80 bits per heavy atom. The monoisotopic (exact) mass is 157 g/mol. The van der Waals surface area contributed by atoms with E-state index in [-0.39, 0.29) is 11.2 Å². The molecule has 0 spiro atoms. The molecular formula is C7H8FNS. The first-order valence-electron chi connectivity index (χ1n) is 2.86. The highest BCUT2D eigenvalue weighted by Gasteiger charge is 2.03. The van der Waals surface area contributed by atoms with Crippen LogP contribution in [0.15, 0.2) is 24.1 Å². The molecule has 0 saturated carbocycles. The molecule has 0 amide bonds. The number of hydrogen-bond donors (Lipinski definition) is 1. The van der Waals surface area contributed by atoms with E-state index in [0.29, 0.717) is 0 Å². The summed E-state index contributed by atoms with van der Waals surface area (Å²) in [6.45, 7) is 3.50. The van der Waals surface area contributed by atoms with Gasteiger partial charge in [0.2, 0.25) is 0 Å². The van der Waals surface area contributed by atoms with E-state index in [1.165, 1.54) is 6.07 Å². The minimum Gasteiger partial charge on any atom is -0.321 e. The lowest BCUT2D eigenvalue weighted by atomic mass is 10.2. The number of thiophene rings is 1. The van der Waals surface area contributed by atoms with Gasteiger partial charge < -0.3 is 5.73 Å². The third kappa shape index (κ3) is 1.43. The van der Waals surface area contributed by atoms with Crippen LogP contribution in [0.5, 0.6) is 0 Å². The predicted octanol–water partition coefficient (Wildman–Crippen LogP) is 2.07. The topological polar surface area (TPSA) is 26.0 Å². The van der Waals surface area contributed by atoms with Gasteiger partial charge in [0.25, 0.3) is 0 Å². The van der Waals surface area contributed by atoms with Gasteiger partial charge >= 0.3 is 0 Å². The van der Waals surface area contributed by atoms with Crippen LogP contribution in [0.25, 0.3) is 0 Å². The van der Waals surface area contributed by atoms with E-state index in [2.05, 4.69) is 6.58 Å². The maximum Gasteiger partial charge on any atom is 0.176 e. The van der Waals surface area contributed by atoms with Gasteiger partial charge in [-0.3, -0.25) is 0 Å². The Kier molecular flexibility index (Phi) is 2.19. The Morgan fingerprint density at radius 2 is 2.50 bits per heavy atom. The van der Waals surface area contributed by atoms with Crippen LogP contribution in [0.3, 0.4) is 0 Å². The first-order valence-corrected chi connectivity index (χ1v) is 3.74. The second-order valence-corrected chi connectivity index (χ2v) is 2.81. The zero-order valence-electron chi connectivity index (χ0n) is 5.38. The normalized spacial score (nSPS) is 13.0. The second kappa shape index (κ2) is 2.94. The molecule has 1 aromatic rings. The summed E-state index contributed by atoms with van der Waals surface area (Å²) in [5, 5.41) is 1.49. The summed E-state index contributed by atoms with van der Waals surface area (Å²) in [7, 11) is 0. The van der Waals surface area contributed by atoms with Gasteiger partial charge in [0.15, 0.2) is 5.13 Å². The lowest BCUT2D eigenvalue weighted by Crippen LogP contribution is -2.04. The summed E-state index contributed by atoms with van der Waals surface area (Å²) < 4.78 is 12.4. The van der Waals surface area contributed by atoms with Gasteiger partial charge in [-0.25, -0.2) is 0 Å². The molecule has 0 saturated heterocycles. The Hall–Kier alpha value is -0.670. The number of halogens is 1. The van der Waals surface area contributed by atoms with Crippen molar-refractivity contribution in [2.45, 2.75) is 6.04 Å². The summed E-state index contributed by atoms with van der Waals surface area (Å²) in [5.74, 6) is 0. The number of hydrogen-bond acceptors (Lipinski definition) is 2. The molecule has 3 heteroatoms. The van der Waals surface area contributed by atoms with E-state index in [9.17, 15) is 4.39 Å². The molecule has 2 N–H and O–H groups in total. The molecule has 0 aliphatic heterocycles. The van der Waals surface area contributed by atoms with Crippen molar-refractivity contribution in [1.82, 2.24) is 0 Å². The molecule has 1 heterocycles. The Balaban J connectivity index is 2.84. The highest BCUT2D eigenvalue weighted by Crippen LogP contribution is 2.18. The highest BCUT2D eigenvalue weighted by atomic mass is 32.1. The first kappa shape index (κ1) is 7.44. The minimum atomic E-state index is -0.235. The molecule has 0 radical (unpaired) electrons. The molecule has 10 heavy (non-hydrogen) atoms. The Bertz CT molecular complexity index is 231. The number of rotatable bonds is 2. The van der Waals surface area contributed by atoms with Crippen molar-refractivity contribution in [3.63, 3.8) is 0 Å². The van der Waals surface area contributed by atoms with Gasteiger partial charge in [-0.15, -0.1) is 17.9 Å². The molecule has 1 nitrogen and oxygen atoms in total.